The molecule has 4 rings (SSSR count). The van der Waals surface area contributed by atoms with Gasteiger partial charge in [0.05, 0.1) is 44.2 Å². The number of hydrogen-bond acceptors (Lipinski definition) is 6. The van der Waals surface area contributed by atoms with Crippen molar-refractivity contribution in [3.05, 3.63) is 40.1 Å². The maximum Gasteiger partial charge on any atom is 0.436 e. The van der Waals surface area contributed by atoms with Crippen LogP contribution in [0.2, 0.25) is 14.4 Å². The second-order valence-electron chi connectivity index (χ2n) is 8.05. The van der Waals surface area contributed by atoms with Crippen LogP contribution in [0.3, 0.4) is 0 Å². The standard InChI is InChI=1S/C22H17Cl3F3N3O3S2/c1-2-7-29-13(32)9-30-20(33)17-11-6-4-3-5-10(11)16(35-17)12-8-21(34-31-12,22(26,27)28)18-14(23)15(24)19(25)36-18/h1H,3-9H2,(H,29,32)(H,30,33). The topological polar surface area (TPSA) is 79.8 Å². The van der Waals surface area contributed by atoms with Gasteiger partial charge in [-0.3, -0.25) is 9.59 Å². The van der Waals surface area contributed by atoms with Crippen LogP contribution >= 0.6 is 57.5 Å². The molecule has 0 spiro atoms. The average Bonchev–Trinajstić information content (AvgIpc) is 3.52. The molecule has 192 valence electrons. The van der Waals surface area contributed by atoms with E-state index in [1.807, 2.05) is 0 Å². The van der Waals surface area contributed by atoms with E-state index in [9.17, 15) is 22.8 Å². The van der Waals surface area contributed by atoms with E-state index in [1.165, 1.54) is 0 Å². The molecule has 1 unspecified atom stereocenters. The lowest BCUT2D eigenvalue weighted by molar-refractivity contribution is -0.274. The van der Waals surface area contributed by atoms with Crippen LogP contribution in [0.4, 0.5) is 13.2 Å². The minimum atomic E-state index is -4.89. The molecule has 0 fully saturated rings. The van der Waals surface area contributed by atoms with E-state index in [0.717, 1.165) is 35.3 Å². The quantitative estimate of drug-likeness (QED) is 0.418. The summed E-state index contributed by atoms with van der Waals surface area (Å²) in [5.41, 5.74) is -1.29. The van der Waals surface area contributed by atoms with Gasteiger partial charge in [-0.1, -0.05) is 45.9 Å². The first-order valence-electron chi connectivity index (χ1n) is 10.6. The number of amides is 2. The van der Waals surface area contributed by atoms with Gasteiger partial charge in [0.1, 0.15) is 10.0 Å². The van der Waals surface area contributed by atoms with Crippen molar-refractivity contribution in [2.75, 3.05) is 13.1 Å². The van der Waals surface area contributed by atoms with Crippen molar-refractivity contribution in [2.24, 2.45) is 5.16 Å². The van der Waals surface area contributed by atoms with Crippen molar-refractivity contribution < 1.29 is 27.6 Å². The summed E-state index contributed by atoms with van der Waals surface area (Å²) in [4.78, 5) is 30.2. The van der Waals surface area contributed by atoms with Crippen LogP contribution in [0.1, 0.15) is 49.8 Å². The Morgan fingerprint density at radius 2 is 1.81 bits per heavy atom. The third-order valence-corrected chi connectivity index (χ3v) is 9.83. The molecule has 1 aliphatic heterocycles. The Morgan fingerprint density at radius 3 is 2.42 bits per heavy atom. The molecule has 1 aliphatic carbocycles. The van der Waals surface area contributed by atoms with E-state index in [0.29, 0.717) is 33.9 Å². The predicted molar refractivity (Wildman–Crippen MR) is 134 cm³/mol. The Morgan fingerprint density at radius 1 is 1.11 bits per heavy atom. The molecule has 2 N–H and O–H groups in total. The van der Waals surface area contributed by atoms with Crippen molar-refractivity contribution in [1.82, 2.24) is 10.6 Å². The van der Waals surface area contributed by atoms with Gasteiger partial charge < -0.3 is 15.5 Å². The van der Waals surface area contributed by atoms with Crippen molar-refractivity contribution in [1.29, 1.82) is 0 Å². The molecule has 2 aromatic rings. The van der Waals surface area contributed by atoms with Crippen LogP contribution in [0.5, 0.6) is 0 Å². The Kier molecular flexibility index (Phi) is 7.84. The first kappa shape index (κ1) is 27.1. The first-order chi connectivity index (χ1) is 17.0. The number of hydrogen-bond donors (Lipinski definition) is 2. The zero-order valence-corrected chi connectivity index (χ0v) is 22.2. The Bertz CT molecular complexity index is 1300. The van der Waals surface area contributed by atoms with Gasteiger partial charge >= 0.3 is 6.18 Å². The lowest BCUT2D eigenvalue weighted by Crippen LogP contribution is -2.42. The molecule has 2 aromatic heterocycles. The van der Waals surface area contributed by atoms with Crippen molar-refractivity contribution >= 4 is 75.0 Å². The summed E-state index contributed by atoms with van der Waals surface area (Å²) < 4.78 is 43.1. The molecule has 2 aliphatic rings. The third-order valence-electron chi connectivity index (χ3n) is 5.79. The second kappa shape index (κ2) is 10.4. The van der Waals surface area contributed by atoms with Crippen LogP contribution in [0.25, 0.3) is 0 Å². The molecular weight excluding hydrogens is 582 g/mol. The highest BCUT2D eigenvalue weighted by Gasteiger charge is 2.64. The van der Waals surface area contributed by atoms with E-state index in [2.05, 4.69) is 21.7 Å². The van der Waals surface area contributed by atoms with Crippen molar-refractivity contribution in [2.45, 2.75) is 43.9 Å². The Hall–Kier alpha value is -1.97. The van der Waals surface area contributed by atoms with Gasteiger partial charge in [-0.2, -0.15) is 13.2 Å². The highest BCUT2D eigenvalue weighted by molar-refractivity contribution is 7.18. The smallest absolute Gasteiger partial charge is 0.373 e. The van der Waals surface area contributed by atoms with Gasteiger partial charge in [0.25, 0.3) is 11.5 Å². The van der Waals surface area contributed by atoms with Gasteiger partial charge in [-0.05, 0) is 36.8 Å². The lowest BCUT2D eigenvalue weighted by atomic mass is 9.88. The Labute approximate surface area is 227 Å². The van der Waals surface area contributed by atoms with E-state index in [4.69, 9.17) is 46.1 Å². The first-order valence-corrected chi connectivity index (χ1v) is 13.4. The van der Waals surface area contributed by atoms with E-state index < -0.39 is 30.0 Å². The van der Waals surface area contributed by atoms with Crippen LogP contribution in [-0.2, 0) is 28.1 Å². The number of nitrogens with one attached hydrogen (secondary N) is 2. The van der Waals surface area contributed by atoms with E-state index in [-0.39, 0.29) is 38.1 Å². The molecule has 2 amide bonds. The number of fused-ring (bicyclic) bond motifs is 1. The summed E-state index contributed by atoms with van der Waals surface area (Å²) in [7, 11) is 0. The summed E-state index contributed by atoms with van der Waals surface area (Å²) in [5.74, 6) is 1.30. The fourth-order valence-corrected chi connectivity index (χ4v) is 7.39. The summed E-state index contributed by atoms with van der Waals surface area (Å²) in [6, 6.07) is 0. The zero-order chi connectivity index (χ0) is 26.3. The van der Waals surface area contributed by atoms with E-state index in [1.54, 1.807) is 0 Å². The summed E-state index contributed by atoms with van der Waals surface area (Å²) >= 11 is 19.6. The molecule has 3 heterocycles. The molecular formula is C22H17Cl3F3N3O3S2. The summed E-state index contributed by atoms with van der Waals surface area (Å²) in [6.45, 7) is -0.263. The molecule has 0 aromatic carbocycles. The third kappa shape index (κ3) is 4.82. The maximum absolute atomic E-state index is 14.4. The monoisotopic (exact) mass is 597 g/mol. The van der Waals surface area contributed by atoms with E-state index >= 15 is 0 Å². The van der Waals surface area contributed by atoms with Gasteiger partial charge in [0.2, 0.25) is 5.91 Å². The SMILES string of the molecule is C#CCNC(=O)CNC(=O)c1sc(C2=NOC(c3sc(Cl)c(Cl)c3Cl)(C(F)(F)F)C2)c2c1CCCC2. The fourth-order valence-electron chi connectivity index (χ4n) is 4.08. The van der Waals surface area contributed by atoms with Gasteiger partial charge in [0.15, 0.2) is 0 Å². The fraction of sp³-hybridized carbons (Fsp3) is 0.409. The molecule has 6 nitrogen and oxygen atoms in total. The van der Waals surface area contributed by atoms with Crippen molar-refractivity contribution in [3.63, 3.8) is 0 Å². The molecule has 0 radical (unpaired) electrons. The van der Waals surface area contributed by atoms with Crippen LogP contribution in [0, 0.1) is 12.3 Å². The number of rotatable bonds is 6. The van der Waals surface area contributed by atoms with Crippen LogP contribution in [-0.4, -0.2) is 36.8 Å². The Balaban J connectivity index is 1.66. The van der Waals surface area contributed by atoms with Crippen molar-refractivity contribution in [3.8, 4) is 12.3 Å². The minimum absolute atomic E-state index is 0.0265. The highest BCUT2D eigenvalue weighted by atomic mass is 35.5. The largest absolute Gasteiger partial charge is 0.436 e. The molecule has 14 heteroatoms. The summed E-state index contributed by atoms with van der Waals surface area (Å²) in [5, 5.41) is 8.29. The molecule has 36 heavy (non-hydrogen) atoms. The number of thiophene rings is 2. The molecule has 0 saturated heterocycles. The number of carbonyl (C=O) groups is 2. The predicted octanol–water partition coefficient (Wildman–Crippen LogP) is 5.71. The number of alkyl halides is 3. The maximum atomic E-state index is 14.4. The number of oxime groups is 1. The van der Waals surface area contributed by atoms with Gasteiger partial charge in [-0.15, -0.1) is 29.1 Å². The minimum Gasteiger partial charge on any atom is -0.373 e. The second-order valence-corrected chi connectivity index (χ2v) is 11.5. The number of terminal acetylenes is 1. The van der Waals surface area contributed by atoms with Crippen LogP contribution < -0.4 is 10.6 Å². The normalized spacial score (nSPS) is 19.2. The van der Waals surface area contributed by atoms with Gasteiger partial charge in [-0.25, -0.2) is 0 Å². The number of nitrogens with zero attached hydrogens (tertiary/aromatic N) is 1. The van der Waals surface area contributed by atoms with Gasteiger partial charge in [0, 0.05) is 0 Å². The highest BCUT2D eigenvalue weighted by Crippen LogP contribution is 2.56. The van der Waals surface area contributed by atoms with Crippen LogP contribution in [0.15, 0.2) is 5.16 Å². The number of halogens is 6. The molecule has 0 saturated carbocycles. The lowest BCUT2D eigenvalue weighted by Gasteiger charge is -2.28. The summed E-state index contributed by atoms with van der Waals surface area (Å²) in [6.07, 6.45) is 2.35. The molecule has 1 atom stereocenters. The zero-order valence-electron chi connectivity index (χ0n) is 18.3. The average molecular weight is 599 g/mol. The molecule has 0 bridgehead atoms. The number of carbonyl (C=O) groups excluding carboxylic acids is 2.